The fraction of sp³-hybridized carbons (Fsp3) is 0.222. The number of benzene rings is 1. The van der Waals surface area contributed by atoms with Gasteiger partial charge in [-0.3, -0.25) is 4.79 Å². The Labute approximate surface area is 159 Å². The van der Waals surface area contributed by atoms with Gasteiger partial charge in [0.15, 0.2) is 0 Å². The lowest BCUT2D eigenvalue weighted by molar-refractivity contribution is -0.116. The number of rotatable bonds is 7. The summed E-state index contributed by atoms with van der Waals surface area (Å²) in [6.07, 6.45) is 2.70. The van der Waals surface area contributed by atoms with Crippen LogP contribution >= 0.6 is 11.6 Å². The summed E-state index contributed by atoms with van der Waals surface area (Å²) in [7, 11) is 0. The standard InChI is InChI=1S/C18H19ClN4O4/c1-4-8-21-16(25)22(9-5-2)18(27)23(17(21)26)11-15(24)20-14-7-6-12(3)10-13(14)19/h4-7,10H,1-2,8-9,11H2,3H3,(H,20,24). The molecule has 0 aliphatic rings. The second-order valence-electron chi connectivity index (χ2n) is 5.76. The fourth-order valence-electron chi connectivity index (χ4n) is 2.44. The average molecular weight is 391 g/mol. The molecule has 2 rings (SSSR count). The van der Waals surface area contributed by atoms with Crippen LogP contribution in [0.2, 0.25) is 5.02 Å². The summed E-state index contributed by atoms with van der Waals surface area (Å²) in [6, 6.07) is 5.05. The van der Waals surface area contributed by atoms with Crippen LogP contribution in [0.1, 0.15) is 5.56 Å². The highest BCUT2D eigenvalue weighted by atomic mass is 35.5. The molecule has 8 nitrogen and oxygen atoms in total. The second-order valence-corrected chi connectivity index (χ2v) is 6.17. The van der Waals surface area contributed by atoms with Crippen molar-refractivity contribution in [2.75, 3.05) is 5.32 Å². The Morgan fingerprint density at radius 3 is 2.04 bits per heavy atom. The zero-order chi connectivity index (χ0) is 20.1. The van der Waals surface area contributed by atoms with E-state index in [2.05, 4.69) is 18.5 Å². The molecule has 0 unspecified atom stereocenters. The molecule has 1 heterocycles. The molecule has 1 N–H and O–H groups in total. The van der Waals surface area contributed by atoms with Gasteiger partial charge < -0.3 is 5.32 Å². The lowest BCUT2D eigenvalue weighted by atomic mass is 10.2. The summed E-state index contributed by atoms with van der Waals surface area (Å²) in [6.45, 7) is 8.06. The van der Waals surface area contributed by atoms with E-state index in [0.29, 0.717) is 15.3 Å². The molecule has 1 aromatic carbocycles. The van der Waals surface area contributed by atoms with Gasteiger partial charge in [0.1, 0.15) is 6.54 Å². The first-order chi connectivity index (χ1) is 12.8. The average Bonchev–Trinajstić information content (AvgIpc) is 2.62. The summed E-state index contributed by atoms with van der Waals surface area (Å²) in [5.41, 5.74) is -1.31. The van der Waals surface area contributed by atoms with Crippen molar-refractivity contribution in [3.8, 4) is 0 Å². The molecule has 0 atom stereocenters. The molecule has 9 heteroatoms. The third kappa shape index (κ3) is 4.35. The molecule has 0 aliphatic heterocycles. The van der Waals surface area contributed by atoms with E-state index >= 15 is 0 Å². The van der Waals surface area contributed by atoms with Gasteiger partial charge in [0.05, 0.1) is 23.8 Å². The van der Waals surface area contributed by atoms with E-state index in [1.807, 2.05) is 6.92 Å². The minimum Gasteiger partial charge on any atom is -0.323 e. The number of carbonyl (C=O) groups excluding carboxylic acids is 1. The molecule has 1 aromatic heterocycles. The molecule has 142 valence electrons. The van der Waals surface area contributed by atoms with Crippen LogP contribution in [0.3, 0.4) is 0 Å². The number of carbonyl (C=O) groups is 1. The third-order valence-electron chi connectivity index (χ3n) is 3.71. The Hall–Kier alpha value is -3.13. The molecule has 0 bridgehead atoms. The van der Waals surface area contributed by atoms with Crippen LogP contribution in [0.15, 0.2) is 57.9 Å². The second kappa shape index (κ2) is 8.50. The van der Waals surface area contributed by atoms with Crippen LogP contribution < -0.4 is 22.4 Å². The van der Waals surface area contributed by atoms with Gasteiger partial charge in [-0.2, -0.15) is 0 Å². The van der Waals surface area contributed by atoms with Crippen molar-refractivity contribution in [1.82, 2.24) is 13.7 Å². The Morgan fingerprint density at radius 2 is 1.56 bits per heavy atom. The topological polar surface area (TPSA) is 95.1 Å². The predicted octanol–water partition coefficient (Wildman–Crippen LogP) is 1.14. The normalized spacial score (nSPS) is 10.4. The molecule has 0 saturated carbocycles. The van der Waals surface area contributed by atoms with Crippen molar-refractivity contribution in [3.05, 3.63) is 85.5 Å². The molecule has 1 amide bonds. The number of halogens is 1. The molecule has 0 radical (unpaired) electrons. The highest BCUT2D eigenvalue weighted by Crippen LogP contribution is 2.22. The number of allylic oxidation sites excluding steroid dienone is 2. The number of aryl methyl sites for hydroxylation is 1. The lowest BCUT2D eigenvalue weighted by Gasteiger charge is -2.13. The largest absolute Gasteiger partial charge is 0.337 e. The quantitative estimate of drug-likeness (QED) is 0.717. The highest BCUT2D eigenvalue weighted by Gasteiger charge is 2.17. The van der Waals surface area contributed by atoms with Gasteiger partial charge in [-0.1, -0.05) is 29.8 Å². The summed E-state index contributed by atoms with van der Waals surface area (Å²) < 4.78 is 2.33. The van der Waals surface area contributed by atoms with Crippen molar-refractivity contribution in [2.45, 2.75) is 26.6 Å². The molecule has 2 aromatic rings. The monoisotopic (exact) mass is 390 g/mol. The lowest BCUT2D eigenvalue weighted by Crippen LogP contribution is -2.55. The van der Waals surface area contributed by atoms with E-state index in [-0.39, 0.29) is 13.1 Å². The minimum absolute atomic E-state index is 0.0967. The van der Waals surface area contributed by atoms with E-state index in [1.165, 1.54) is 12.2 Å². The van der Waals surface area contributed by atoms with Gasteiger partial charge in [0, 0.05) is 0 Å². The van der Waals surface area contributed by atoms with Gasteiger partial charge in [0.25, 0.3) is 0 Å². The van der Waals surface area contributed by atoms with Crippen molar-refractivity contribution < 1.29 is 4.79 Å². The van der Waals surface area contributed by atoms with Crippen LogP contribution in [0.25, 0.3) is 0 Å². The first-order valence-electron chi connectivity index (χ1n) is 8.02. The van der Waals surface area contributed by atoms with Crippen LogP contribution in [0.5, 0.6) is 0 Å². The molecule has 0 aliphatic carbocycles. The van der Waals surface area contributed by atoms with Gasteiger partial charge in [-0.25, -0.2) is 28.1 Å². The van der Waals surface area contributed by atoms with E-state index in [9.17, 15) is 19.2 Å². The molecular formula is C18H19ClN4O4. The summed E-state index contributed by atoms with van der Waals surface area (Å²) in [4.78, 5) is 49.6. The van der Waals surface area contributed by atoms with Crippen LogP contribution in [-0.4, -0.2) is 19.6 Å². The van der Waals surface area contributed by atoms with E-state index in [0.717, 1.165) is 14.7 Å². The minimum atomic E-state index is -0.893. The number of aromatic nitrogens is 3. The van der Waals surface area contributed by atoms with E-state index in [1.54, 1.807) is 18.2 Å². The number of nitrogens with zero attached hydrogens (tertiary/aromatic N) is 3. The Kier molecular flexibility index (Phi) is 6.36. The molecule has 0 saturated heterocycles. The maximum atomic E-state index is 12.5. The van der Waals surface area contributed by atoms with Crippen molar-refractivity contribution >= 4 is 23.2 Å². The van der Waals surface area contributed by atoms with Crippen molar-refractivity contribution in [2.24, 2.45) is 0 Å². The van der Waals surface area contributed by atoms with Gasteiger partial charge >= 0.3 is 17.1 Å². The SMILES string of the molecule is C=CCn1c(=O)n(CC=C)c(=O)n(CC(=O)Nc2ccc(C)cc2Cl)c1=O. The van der Waals surface area contributed by atoms with E-state index < -0.39 is 29.5 Å². The molecule has 0 spiro atoms. The highest BCUT2D eigenvalue weighted by molar-refractivity contribution is 6.33. The van der Waals surface area contributed by atoms with Crippen LogP contribution in [0.4, 0.5) is 5.69 Å². The van der Waals surface area contributed by atoms with Crippen LogP contribution in [-0.2, 0) is 24.4 Å². The number of amides is 1. The van der Waals surface area contributed by atoms with Crippen molar-refractivity contribution in [3.63, 3.8) is 0 Å². The Bertz CT molecular complexity index is 1030. The number of anilines is 1. The number of hydrogen-bond acceptors (Lipinski definition) is 4. The van der Waals surface area contributed by atoms with Crippen LogP contribution in [0, 0.1) is 6.92 Å². The summed E-state index contributed by atoms with van der Waals surface area (Å²) in [5, 5.41) is 2.88. The van der Waals surface area contributed by atoms with E-state index in [4.69, 9.17) is 11.6 Å². The fourth-order valence-corrected chi connectivity index (χ4v) is 2.73. The Morgan fingerprint density at radius 1 is 1.04 bits per heavy atom. The van der Waals surface area contributed by atoms with Gasteiger partial charge in [-0.15, -0.1) is 13.2 Å². The summed E-state index contributed by atoms with van der Waals surface area (Å²) in [5.74, 6) is -0.631. The van der Waals surface area contributed by atoms with Crippen molar-refractivity contribution in [1.29, 1.82) is 0 Å². The maximum absolute atomic E-state index is 12.5. The predicted molar refractivity (Wildman–Crippen MR) is 104 cm³/mol. The molecular weight excluding hydrogens is 372 g/mol. The Balaban J connectivity index is 2.45. The third-order valence-corrected chi connectivity index (χ3v) is 4.02. The maximum Gasteiger partial charge on any atom is 0.337 e. The zero-order valence-electron chi connectivity index (χ0n) is 14.8. The smallest absolute Gasteiger partial charge is 0.323 e. The van der Waals surface area contributed by atoms with Gasteiger partial charge in [-0.05, 0) is 24.6 Å². The number of hydrogen-bond donors (Lipinski definition) is 1. The first kappa shape index (κ1) is 20.2. The number of nitrogens with one attached hydrogen (secondary N) is 1. The summed E-state index contributed by atoms with van der Waals surface area (Å²) >= 11 is 6.08. The zero-order valence-corrected chi connectivity index (χ0v) is 15.5. The van der Waals surface area contributed by atoms with Gasteiger partial charge in [0.2, 0.25) is 5.91 Å². The molecule has 0 fully saturated rings. The first-order valence-corrected chi connectivity index (χ1v) is 8.40. The molecule has 27 heavy (non-hydrogen) atoms.